The minimum atomic E-state index is 0.128. The highest BCUT2D eigenvalue weighted by atomic mass is 16.5. The van der Waals surface area contributed by atoms with Gasteiger partial charge >= 0.3 is 0 Å². The van der Waals surface area contributed by atoms with Crippen molar-refractivity contribution in [1.82, 2.24) is 19.9 Å². The number of benzene rings is 1. The summed E-state index contributed by atoms with van der Waals surface area (Å²) >= 11 is 0. The van der Waals surface area contributed by atoms with E-state index in [9.17, 15) is 4.79 Å². The predicted molar refractivity (Wildman–Crippen MR) is 90.4 cm³/mol. The number of hydrogen-bond donors (Lipinski definition) is 0. The Hall–Kier alpha value is -2.21. The van der Waals surface area contributed by atoms with Crippen LogP contribution in [0, 0.1) is 6.92 Å². The van der Waals surface area contributed by atoms with Crippen LogP contribution in [0.3, 0.4) is 0 Å². The van der Waals surface area contributed by atoms with Crippen molar-refractivity contribution >= 4 is 5.91 Å². The molecule has 1 aromatic heterocycles. The normalized spacial score (nSPS) is 18.8. The number of hydrogen-bond acceptors (Lipinski definition) is 5. The maximum Gasteiger partial charge on any atom is 0.226 e. The van der Waals surface area contributed by atoms with Crippen LogP contribution in [0.2, 0.25) is 0 Å². The van der Waals surface area contributed by atoms with E-state index < -0.39 is 0 Å². The zero-order valence-corrected chi connectivity index (χ0v) is 14.3. The second kappa shape index (κ2) is 7.57. The van der Waals surface area contributed by atoms with Crippen LogP contribution in [0.5, 0.6) is 0 Å². The summed E-state index contributed by atoms with van der Waals surface area (Å²) in [4.78, 5) is 21.2. The highest BCUT2D eigenvalue weighted by Gasteiger charge is 2.29. The fraction of sp³-hybridized carbons (Fsp3) is 0.500. The van der Waals surface area contributed by atoms with Crippen LogP contribution in [0.25, 0.3) is 0 Å². The Morgan fingerprint density at radius 3 is 2.79 bits per heavy atom. The molecule has 1 amide bonds. The molecule has 0 spiro atoms. The van der Waals surface area contributed by atoms with Gasteiger partial charge in [-0.1, -0.05) is 35.5 Å². The lowest BCUT2D eigenvalue weighted by Gasteiger charge is -2.40. The standard InChI is InChI=1S/C18H24N4O2/c1-14-19-17(24-20-14)9-6-10-18(23)22-12-11-21(2)13-16(22)15-7-4-3-5-8-15/h3-5,7-8,16H,6,9-13H2,1-2H3. The van der Waals surface area contributed by atoms with E-state index in [4.69, 9.17) is 4.52 Å². The topological polar surface area (TPSA) is 62.5 Å². The third kappa shape index (κ3) is 4.00. The molecule has 1 aliphatic heterocycles. The van der Waals surface area contributed by atoms with Gasteiger partial charge in [-0.05, 0) is 26.0 Å². The Labute approximate surface area is 142 Å². The lowest BCUT2D eigenvalue weighted by Crippen LogP contribution is -2.49. The fourth-order valence-corrected chi connectivity index (χ4v) is 3.15. The van der Waals surface area contributed by atoms with Gasteiger partial charge in [-0.25, -0.2) is 0 Å². The van der Waals surface area contributed by atoms with Crippen LogP contribution >= 0.6 is 0 Å². The molecule has 2 aromatic rings. The molecule has 0 aliphatic carbocycles. The van der Waals surface area contributed by atoms with Crippen molar-refractivity contribution in [3.8, 4) is 0 Å². The zero-order chi connectivity index (χ0) is 16.9. The van der Waals surface area contributed by atoms with Gasteiger partial charge in [0.15, 0.2) is 5.82 Å². The summed E-state index contributed by atoms with van der Waals surface area (Å²) in [5, 5.41) is 3.78. The number of carbonyl (C=O) groups excluding carboxylic acids is 1. The number of piperazine rings is 1. The van der Waals surface area contributed by atoms with Gasteiger partial charge in [-0.2, -0.15) is 4.98 Å². The van der Waals surface area contributed by atoms with E-state index >= 15 is 0 Å². The third-order valence-corrected chi connectivity index (χ3v) is 4.44. The summed E-state index contributed by atoms with van der Waals surface area (Å²) in [6.07, 6.45) is 1.89. The Morgan fingerprint density at radius 2 is 2.08 bits per heavy atom. The van der Waals surface area contributed by atoms with E-state index in [1.807, 2.05) is 23.1 Å². The molecule has 1 atom stereocenters. The lowest BCUT2D eigenvalue weighted by molar-refractivity contribution is -0.136. The van der Waals surface area contributed by atoms with E-state index in [1.54, 1.807) is 6.92 Å². The summed E-state index contributed by atoms with van der Waals surface area (Å²) in [5.41, 5.74) is 1.20. The van der Waals surface area contributed by atoms with Gasteiger partial charge in [0.25, 0.3) is 0 Å². The molecule has 6 nitrogen and oxygen atoms in total. The molecule has 6 heteroatoms. The molecule has 0 N–H and O–H groups in total. The minimum Gasteiger partial charge on any atom is -0.339 e. The number of rotatable bonds is 5. The summed E-state index contributed by atoms with van der Waals surface area (Å²) in [5.74, 6) is 1.45. The average Bonchev–Trinajstić information content (AvgIpc) is 3.01. The monoisotopic (exact) mass is 328 g/mol. The van der Waals surface area contributed by atoms with Crippen molar-refractivity contribution in [2.75, 3.05) is 26.7 Å². The van der Waals surface area contributed by atoms with Crippen LogP contribution in [-0.2, 0) is 11.2 Å². The molecule has 2 heterocycles. The Bertz CT molecular complexity index is 671. The number of carbonyl (C=O) groups is 1. The van der Waals surface area contributed by atoms with E-state index in [0.29, 0.717) is 24.6 Å². The maximum absolute atomic E-state index is 12.7. The van der Waals surface area contributed by atoms with Crippen molar-refractivity contribution in [2.45, 2.75) is 32.2 Å². The molecular formula is C18H24N4O2. The van der Waals surface area contributed by atoms with Gasteiger partial charge in [0.1, 0.15) is 0 Å². The first-order valence-electron chi connectivity index (χ1n) is 8.45. The number of aryl methyl sites for hydroxylation is 2. The summed E-state index contributed by atoms with van der Waals surface area (Å²) in [6.45, 7) is 4.36. The summed E-state index contributed by atoms with van der Waals surface area (Å²) in [6, 6.07) is 10.4. The molecule has 1 unspecified atom stereocenters. The van der Waals surface area contributed by atoms with Gasteiger partial charge in [0, 0.05) is 32.5 Å². The molecule has 0 saturated carbocycles. The van der Waals surface area contributed by atoms with Gasteiger partial charge < -0.3 is 14.3 Å². The van der Waals surface area contributed by atoms with E-state index in [2.05, 4.69) is 34.2 Å². The average molecular weight is 328 g/mol. The second-order valence-electron chi connectivity index (χ2n) is 6.36. The van der Waals surface area contributed by atoms with E-state index in [1.165, 1.54) is 5.56 Å². The smallest absolute Gasteiger partial charge is 0.226 e. The first-order chi connectivity index (χ1) is 11.6. The number of likely N-dealkylation sites (N-methyl/N-ethyl adjacent to an activating group) is 1. The molecule has 0 radical (unpaired) electrons. The van der Waals surface area contributed by atoms with Crippen molar-refractivity contribution in [1.29, 1.82) is 0 Å². The van der Waals surface area contributed by atoms with Crippen LogP contribution in [0.1, 0.15) is 36.2 Å². The molecular weight excluding hydrogens is 304 g/mol. The first kappa shape index (κ1) is 16.6. The predicted octanol–water partition coefficient (Wildman–Crippen LogP) is 2.22. The maximum atomic E-state index is 12.7. The molecule has 1 aromatic carbocycles. The highest BCUT2D eigenvalue weighted by Crippen LogP contribution is 2.25. The second-order valence-corrected chi connectivity index (χ2v) is 6.36. The molecule has 1 fully saturated rings. The first-order valence-corrected chi connectivity index (χ1v) is 8.45. The van der Waals surface area contributed by atoms with E-state index in [0.717, 1.165) is 26.1 Å². The Morgan fingerprint density at radius 1 is 1.29 bits per heavy atom. The summed E-state index contributed by atoms with van der Waals surface area (Å²) < 4.78 is 5.10. The molecule has 1 aliphatic rings. The Kier molecular flexibility index (Phi) is 5.25. The Balaban J connectivity index is 1.61. The lowest BCUT2D eigenvalue weighted by atomic mass is 10.0. The third-order valence-electron chi connectivity index (χ3n) is 4.44. The molecule has 0 bridgehead atoms. The minimum absolute atomic E-state index is 0.128. The van der Waals surface area contributed by atoms with Crippen LogP contribution < -0.4 is 0 Å². The summed E-state index contributed by atoms with van der Waals surface area (Å²) in [7, 11) is 2.11. The highest BCUT2D eigenvalue weighted by molar-refractivity contribution is 5.77. The molecule has 3 rings (SSSR count). The number of amides is 1. The quantitative estimate of drug-likeness (QED) is 0.842. The van der Waals surface area contributed by atoms with E-state index in [-0.39, 0.29) is 11.9 Å². The van der Waals surface area contributed by atoms with Crippen LogP contribution in [-0.4, -0.2) is 52.5 Å². The van der Waals surface area contributed by atoms with Crippen LogP contribution in [0.15, 0.2) is 34.9 Å². The van der Waals surface area contributed by atoms with Crippen molar-refractivity contribution in [2.24, 2.45) is 0 Å². The van der Waals surface area contributed by atoms with Crippen molar-refractivity contribution < 1.29 is 9.32 Å². The molecule has 128 valence electrons. The van der Waals surface area contributed by atoms with Crippen molar-refractivity contribution in [3.05, 3.63) is 47.6 Å². The van der Waals surface area contributed by atoms with Gasteiger partial charge in [-0.3, -0.25) is 4.79 Å². The number of nitrogens with zero attached hydrogens (tertiary/aromatic N) is 4. The van der Waals surface area contributed by atoms with Gasteiger partial charge in [0.2, 0.25) is 11.8 Å². The SMILES string of the molecule is Cc1noc(CCCC(=O)N2CCN(C)CC2c2ccccc2)n1. The largest absolute Gasteiger partial charge is 0.339 e. The van der Waals surface area contributed by atoms with Crippen molar-refractivity contribution in [3.63, 3.8) is 0 Å². The van der Waals surface area contributed by atoms with Gasteiger partial charge in [-0.15, -0.1) is 0 Å². The van der Waals surface area contributed by atoms with Gasteiger partial charge in [0.05, 0.1) is 6.04 Å². The molecule has 1 saturated heterocycles. The fourth-order valence-electron chi connectivity index (χ4n) is 3.15. The number of aromatic nitrogens is 2. The van der Waals surface area contributed by atoms with Crippen LogP contribution in [0.4, 0.5) is 0 Å². The zero-order valence-electron chi connectivity index (χ0n) is 14.3. The molecule has 24 heavy (non-hydrogen) atoms.